The molecule has 0 N–H and O–H groups in total. The van der Waals surface area contributed by atoms with Crippen molar-refractivity contribution in [2.45, 2.75) is 39.2 Å². The average Bonchev–Trinajstić information content (AvgIpc) is 3.13. The number of rotatable bonds is 3. The second-order valence-electron chi connectivity index (χ2n) is 7.14. The van der Waals surface area contributed by atoms with E-state index in [0.29, 0.717) is 0 Å². The molecule has 0 atom stereocenters. The van der Waals surface area contributed by atoms with E-state index in [1.165, 1.54) is 46.3 Å². The summed E-state index contributed by atoms with van der Waals surface area (Å²) in [5.74, 6) is 1.08. The quantitative estimate of drug-likeness (QED) is 0.491. The number of hydrogen-bond acceptors (Lipinski definition) is 1. The van der Waals surface area contributed by atoms with E-state index >= 15 is 0 Å². The topological polar surface area (TPSA) is 22.2 Å². The Balaban J connectivity index is 1.70. The van der Waals surface area contributed by atoms with Crippen molar-refractivity contribution in [2.75, 3.05) is 0 Å². The predicted octanol–water partition coefficient (Wildman–Crippen LogP) is 5.37. The number of nitrogens with zero attached hydrogens (tertiary/aromatic N) is 3. The first-order valence-corrected chi connectivity index (χ1v) is 9.60. The standard InChI is InChI=1S/C23H23N3/c1-2-17-11-13-18(14-12-17)21-16-26-23-20(21)10-6-7-15-25(23)22(24-26)19-8-4-3-5-9-19/h3-5,8-9,11-14,16H,2,6-7,10,15H2,1H3. The maximum Gasteiger partial charge on any atom is 0.162 e. The number of aryl methyl sites for hydroxylation is 3. The number of benzene rings is 2. The molecule has 1 aliphatic heterocycles. The van der Waals surface area contributed by atoms with E-state index in [1.54, 1.807) is 0 Å². The lowest BCUT2D eigenvalue weighted by molar-refractivity contribution is 0.645. The van der Waals surface area contributed by atoms with Crippen molar-refractivity contribution in [3.63, 3.8) is 0 Å². The van der Waals surface area contributed by atoms with Crippen LogP contribution in [0.15, 0.2) is 60.8 Å². The molecule has 0 spiro atoms. The molecule has 130 valence electrons. The Hall–Kier alpha value is -2.81. The molecule has 3 heteroatoms. The zero-order valence-electron chi connectivity index (χ0n) is 15.2. The summed E-state index contributed by atoms with van der Waals surface area (Å²) in [6.07, 6.45) is 6.86. The minimum Gasteiger partial charge on any atom is -0.309 e. The van der Waals surface area contributed by atoms with Gasteiger partial charge in [0.25, 0.3) is 0 Å². The van der Waals surface area contributed by atoms with Gasteiger partial charge >= 0.3 is 0 Å². The molecule has 0 radical (unpaired) electrons. The van der Waals surface area contributed by atoms with E-state index in [0.717, 1.165) is 25.2 Å². The molecule has 0 amide bonds. The molecule has 0 unspecified atom stereocenters. The van der Waals surface area contributed by atoms with E-state index in [-0.39, 0.29) is 0 Å². The van der Waals surface area contributed by atoms with Gasteiger partial charge < -0.3 is 4.57 Å². The summed E-state index contributed by atoms with van der Waals surface area (Å²) in [6.45, 7) is 3.24. The van der Waals surface area contributed by atoms with Gasteiger partial charge in [-0.1, -0.05) is 61.5 Å². The Kier molecular flexibility index (Phi) is 3.66. The fourth-order valence-electron chi connectivity index (χ4n) is 4.14. The predicted molar refractivity (Wildman–Crippen MR) is 106 cm³/mol. The first-order chi connectivity index (χ1) is 12.8. The van der Waals surface area contributed by atoms with E-state index in [2.05, 4.69) is 76.8 Å². The summed E-state index contributed by atoms with van der Waals surface area (Å²) >= 11 is 0. The molecule has 0 fully saturated rings. The van der Waals surface area contributed by atoms with Gasteiger partial charge in [0.15, 0.2) is 5.82 Å². The van der Waals surface area contributed by atoms with Crippen LogP contribution in [0.3, 0.4) is 0 Å². The monoisotopic (exact) mass is 341 g/mol. The maximum atomic E-state index is 4.96. The van der Waals surface area contributed by atoms with Gasteiger partial charge in [-0.05, 0) is 36.8 Å². The van der Waals surface area contributed by atoms with E-state index < -0.39 is 0 Å². The third-order valence-electron chi connectivity index (χ3n) is 5.54. The highest BCUT2D eigenvalue weighted by Gasteiger charge is 2.22. The Morgan fingerprint density at radius 3 is 2.50 bits per heavy atom. The molecule has 2 aromatic heterocycles. The summed E-state index contributed by atoms with van der Waals surface area (Å²) in [4.78, 5) is 0. The van der Waals surface area contributed by atoms with Crippen molar-refractivity contribution in [1.82, 2.24) is 14.2 Å². The first kappa shape index (κ1) is 15.4. The second-order valence-corrected chi connectivity index (χ2v) is 7.14. The lowest BCUT2D eigenvalue weighted by Gasteiger charge is -2.06. The fourth-order valence-corrected chi connectivity index (χ4v) is 4.14. The molecule has 1 aliphatic rings. The fraction of sp³-hybridized carbons (Fsp3) is 0.261. The highest BCUT2D eigenvalue weighted by molar-refractivity contribution is 5.77. The van der Waals surface area contributed by atoms with Crippen molar-refractivity contribution in [3.8, 4) is 22.5 Å². The molecule has 5 rings (SSSR count). The molecule has 2 aromatic carbocycles. The normalized spacial score (nSPS) is 13.9. The number of hydrogen-bond donors (Lipinski definition) is 0. The van der Waals surface area contributed by atoms with Crippen LogP contribution in [0.5, 0.6) is 0 Å². The molecular weight excluding hydrogens is 318 g/mol. The Labute approximate surface area is 153 Å². The molecule has 26 heavy (non-hydrogen) atoms. The SMILES string of the molecule is CCc1ccc(-c2cn3nc(-c4ccccc4)n4c3c2CCCC4)cc1. The third kappa shape index (κ3) is 2.38. The van der Waals surface area contributed by atoms with Gasteiger partial charge in [0.2, 0.25) is 0 Å². The molecule has 0 aliphatic carbocycles. The Morgan fingerprint density at radius 2 is 1.73 bits per heavy atom. The molecule has 0 saturated carbocycles. The van der Waals surface area contributed by atoms with Crippen molar-refractivity contribution >= 4 is 5.65 Å². The van der Waals surface area contributed by atoms with Gasteiger partial charge in [0.1, 0.15) is 5.65 Å². The van der Waals surface area contributed by atoms with Crippen molar-refractivity contribution in [3.05, 3.63) is 71.9 Å². The van der Waals surface area contributed by atoms with Gasteiger partial charge in [-0.25, -0.2) is 4.52 Å². The van der Waals surface area contributed by atoms with Crippen LogP contribution in [0.25, 0.3) is 28.2 Å². The summed E-state index contributed by atoms with van der Waals surface area (Å²) in [6, 6.07) is 19.6. The van der Waals surface area contributed by atoms with Crippen molar-refractivity contribution < 1.29 is 0 Å². The first-order valence-electron chi connectivity index (χ1n) is 9.60. The molecule has 3 nitrogen and oxygen atoms in total. The summed E-state index contributed by atoms with van der Waals surface area (Å²) in [5.41, 5.74) is 7.94. The minimum absolute atomic E-state index is 1.04. The van der Waals surface area contributed by atoms with E-state index in [4.69, 9.17) is 5.10 Å². The smallest absolute Gasteiger partial charge is 0.162 e. The van der Waals surface area contributed by atoms with Crippen LogP contribution in [-0.4, -0.2) is 14.2 Å². The summed E-state index contributed by atoms with van der Waals surface area (Å²) in [7, 11) is 0. The van der Waals surface area contributed by atoms with Gasteiger partial charge in [-0.15, -0.1) is 5.10 Å². The van der Waals surface area contributed by atoms with E-state index in [1.807, 2.05) is 0 Å². The van der Waals surface area contributed by atoms with Gasteiger partial charge in [-0.2, -0.15) is 0 Å². The zero-order chi connectivity index (χ0) is 17.5. The molecule has 3 heterocycles. The van der Waals surface area contributed by atoms with Crippen LogP contribution in [-0.2, 0) is 19.4 Å². The average molecular weight is 341 g/mol. The molecular formula is C23H23N3. The van der Waals surface area contributed by atoms with Crippen LogP contribution in [0.1, 0.15) is 30.9 Å². The maximum absolute atomic E-state index is 4.96. The van der Waals surface area contributed by atoms with Gasteiger partial charge in [-0.3, -0.25) is 0 Å². The van der Waals surface area contributed by atoms with Gasteiger partial charge in [0.05, 0.1) is 0 Å². The summed E-state index contributed by atoms with van der Waals surface area (Å²) < 4.78 is 4.52. The van der Waals surface area contributed by atoms with Crippen molar-refractivity contribution in [1.29, 1.82) is 0 Å². The lowest BCUT2D eigenvalue weighted by atomic mass is 9.99. The molecule has 0 bridgehead atoms. The zero-order valence-corrected chi connectivity index (χ0v) is 15.2. The Bertz CT molecular complexity index is 1050. The molecule has 4 aromatic rings. The van der Waals surface area contributed by atoms with Crippen LogP contribution in [0.2, 0.25) is 0 Å². The third-order valence-corrected chi connectivity index (χ3v) is 5.54. The van der Waals surface area contributed by atoms with Gasteiger partial charge in [0, 0.05) is 29.4 Å². The highest BCUT2D eigenvalue weighted by Crippen LogP contribution is 2.34. The van der Waals surface area contributed by atoms with E-state index in [9.17, 15) is 0 Å². The van der Waals surface area contributed by atoms with Crippen LogP contribution in [0.4, 0.5) is 0 Å². The van der Waals surface area contributed by atoms with Crippen LogP contribution >= 0.6 is 0 Å². The lowest BCUT2D eigenvalue weighted by Crippen LogP contribution is -1.99. The van der Waals surface area contributed by atoms with Crippen LogP contribution in [0, 0.1) is 0 Å². The number of aromatic nitrogens is 3. The van der Waals surface area contributed by atoms with Crippen molar-refractivity contribution in [2.24, 2.45) is 0 Å². The molecule has 0 saturated heterocycles. The highest BCUT2D eigenvalue weighted by atomic mass is 15.3. The van der Waals surface area contributed by atoms with Crippen LogP contribution < -0.4 is 0 Å². The second kappa shape index (κ2) is 6.17. The minimum atomic E-state index is 1.04. The Morgan fingerprint density at radius 1 is 0.923 bits per heavy atom. The largest absolute Gasteiger partial charge is 0.309 e. The summed E-state index contributed by atoms with van der Waals surface area (Å²) in [5, 5.41) is 4.96.